The maximum absolute atomic E-state index is 12.8. The SMILES string of the molecule is Cc1ccc(C2(O)CCN(C(=O)Nc3cccc4c3CCCC4)CC2)nc1. The number of aliphatic hydroxyl groups is 1. The predicted octanol–water partition coefficient (Wildman–Crippen LogP) is 3.78. The number of likely N-dealkylation sites (tertiary alicyclic amines) is 1. The fourth-order valence-corrected chi connectivity index (χ4v) is 4.17. The number of hydrogen-bond acceptors (Lipinski definition) is 3. The van der Waals surface area contributed by atoms with Gasteiger partial charge in [-0.2, -0.15) is 0 Å². The highest BCUT2D eigenvalue weighted by Gasteiger charge is 2.36. The normalized spacial score (nSPS) is 18.7. The zero-order valence-corrected chi connectivity index (χ0v) is 15.9. The van der Waals surface area contributed by atoms with E-state index in [-0.39, 0.29) is 6.03 Å². The third kappa shape index (κ3) is 3.69. The maximum atomic E-state index is 12.8. The Morgan fingerprint density at radius 3 is 2.67 bits per heavy atom. The number of benzene rings is 1. The Kier molecular flexibility index (Phi) is 4.87. The van der Waals surface area contributed by atoms with E-state index >= 15 is 0 Å². The van der Waals surface area contributed by atoms with Crippen LogP contribution in [0, 0.1) is 6.92 Å². The van der Waals surface area contributed by atoms with E-state index in [1.54, 1.807) is 11.1 Å². The van der Waals surface area contributed by atoms with Gasteiger partial charge in [-0.25, -0.2) is 4.79 Å². The summed E-state index contributed by atoms with van der Waals surface area (Å²) in [6.45, 7) is 3.02. The van der Waals surface area contributed by atoms with Gasteiger partial charge < -0.3 is 15.3 Å². The Labute approximate surface area is 160 Å². The minimum Gasteiger partial charge on any atom is -0.383 e. The Bertz CT molecular complexity index is 824. The zero-order chi connectivity index (χ0) is 18.9. The molecule has 0 atom stereocenters. The van der Waals surface area contributed by atoms with Crippen LogP contribution in [0.4, 0.5) is 10.5 Å². The number of rotatable bonds is 2. The van der Waals surface area contributed by atoms with E-state index in [0.717, 1.165) is 24.1 Å². The van der Waals surface area contributed by atoms with E-state index in [1.807, 2.05) is 31.2 Å². The second-order valence-corrected chi connectivity index (χ2v) is 7.82. The number of urea groups is 1. The third-order valence-corrected chi connectivity index (χ3v) is 5.90. The van der Waals surface area contributed by atoms with E-state index in [0.29, 0.717) is 31.6 Å². The lowest BCUT2D eigenvalue weighted by molar-refractivity contribution is -0.0193. The summed E-state index contributed by atoms with van der Waals surface area (Å²) in [5.41, 5.74) is 4.41. The fraction of sp³-hybridized carbons (Fsp3) is 0.455. The number of carbonyl (C=O) groups excluding carboxylic acids is 1. The Hall–Kier alpha value is -2.40. The predicted molar refractivity (Wildman–Crippen MR) is 106 cm³/mol. The molecule has 5 nitrogen and oxygen atoms in total. The minimum atomic E-state index is -0.948. The summed E-state index contributed by atoms with van der Waals surface area (Å²) in [5.74, 6) is 0. The lowest BCUT2D eigenvalue weighted by atomic mass is 9.87. The molecular formula is C22H27N3O2. The van der Waals surface area contributed by atoms with Gasteiger partial charge >= 0.3 is 6.03 Å². The highest BCUT2D eigenvalue weighted by molar-refractivity contribution is 5.90. The number of anilines is 1. The zero-order valence-electron chi connectivity index (χ0n) is 15.9. The number of aromatic nitrogens is 1. The molecule has 2 amide bonds. The van der Waals surface area contributed by atoms with Crippen LogP contribution in [0.1, 0.15) is 48.1 Å². The van der Waals surface area contributed by atoms with E-state index in [9.17, 15) is 9.90 Å². The quantitative estimate of drug-likeness (QED) is 0.851. The van der Waals surface area contributed by atoms with Crippen LogP contribution in [-0.2, 0) is 18.4 Å². The Morgan fingerprint density at radius 2 is 1.93 bits per heavy atom. The molecule has 2 aromatic rings. The summed E-state index contributed by atoms with van der Waals surface area (Å²) in [5, 5.41) is 14.1. The van der Waals surface area contributed by atoms with Crippen LogP contribution in [0.3, 0.4) is 0 Å². The summed E-state index contributed by atoms with van der Waals surface area (Å²) in [7, 11) is 0. The van der Waals surface area contributed by atoms with Gasteiger partial charge in [0.1, 0.15) is 5.60 Å². The monoisotopic (exact) mass is 365 g/mol. The summed E-state index contributed by atoms with van der Waals surface area (Å²) in [6.07, 6.45) is 7.32. The van der Waals surface area contributed by atoms with Gasteiger partial charge in [0.2, 0.25) is 0 Å². The van der Waals surface area contributed by atoms with Gasteiger partial charge in [0.25, 0.3) is 0 Å². The number of hydrogen-bond donors (Lipinski definition) is 2. The van der Waals surface area contributed by atoms with Crippen molar-refractivity contribution in [2.24, 2.45) is 0 Å². The molecule has 1 aromatic carbocycles. The molecule has 1 aliphatic carbocycles. The summed E-state index contributed by atoms with van der Waals surface area (Å²) < 4.78 is 0. The third-order valence-electron chi connectivity index (χ3n) is 5.90. The number of aryl methyl sites for hydroxylation is 2. The largest absolute Gasteiger partial charge is 0.383 e. The van der Waals surface area contributed by atoms with Crippen molar-refractivity contribution in [2.75, 3.05) is 18.4 Å². The van der Waals surface area contributed by atoms with Crippen LogP contribution in [0.2, 0.25) is 0 Å². The van der Waals surface area contributed by atoms with E-state index in [1.165, 1.54) is 24.0 Å². The van der Waals surface area contributed by atoms with Gasteiger partial charge in [-0.15, -0.1) is 0 Å². The second-order valence-electron chi connectivity index (χ2n) is 7.82. The van der Waals surface area contributed by atoms with Crippen molar-refractivity contribution in [3.8, 4) is 0 Å². The molecule has 1 aliphatic heterocycles. The molecule has 142 valence electrons. The number of fused-ring (bicyclic) bond motifs is 1. The average molecular weight is 365 g/mol. The molecule has 4 rings (SSSR count). The molecule has 0 unspecified atom stereocenters. The number of piperidine rings is 1. The van der Waals surface area contributed by atoms with Gasteiger partial charge in [-0.05, 0) is 74.3 Å². The van der Waals surface area contributed by atoms with Crippen molar-refractivity contribution >= 4 is 11.7 Å². The number of carbonyl (C=O) groups is 1. The van der Waals surface area contributed by atoms with Crippen molar-refractivity contribution in [1.29, 1.82) is 0 Å². The number of nitrogens with one attached hydrogen (secondary N) is 1. The molecule has 0 saturated carbocycles. The first-order valence-electron chi connectivity index (χ1n) is 9.87. The van der Waals surface area contributed by atoms with Gasteiger partial charge in [-0.1, -0.05) is 18.2 Å². The molecule has 5 heteroatoms. The van der Waals surface area contributed by atoms with Crippen molar-refractivity contribution in [3.63, 3.8) is 0 Å². The highest BCUT2D eigenvalue weighted by Crippen LogP contribution is 2.32. The lowest BCUT2D eigenvalue weighted by Crippen LogP contribution is -2.47. The summed E-state index contributed by atoms with van der Waals surface area (Å²) in [6, 6.07) is 9.97. The molecular weight excluding hydrogens is 338 g/mol. The smallest absolute Gasteiger partial charge is 0.321 e. The first-order chi connectivity index (χ1) is 13.0. The van der Waals surface area contributed by atoms with Crippen LogP contribution >= 0.6 is 0 Å². The fourth-order valence-electron chi connectivity index (χ4n) is 4.17. The van der Waals surface area contributed by atoms with Gasteiger partial charge in [0.15, 0.2) is 0 Å². The van der Waals surface area contributed by atoms with Crippen LogP contribution < -0.4 is 5.32 Å². The van der Waals surface area contributed by atoms with Crippen LogP contribution in [-0.4, -0.2) is 34.1 Å². The van der Waals surface area contributed by atoms with Gasteiger partial charge in [0, 0.05) is 25.0 Å². The molecule has 0 bridgehead atoms. The maximum Gasteiger partial charge on any atom is 0.321 e. The number of amides is 2. The van der Waals surface area contributed by atoms with Crippen molar-refractivity contribution < 1.29 is 9.90 Å². The number of pyridine rings is 1. The lowest BCUT2D eigenvalue weighted by Gasteiger charge is -2.38. The van der Waals surface area contributed by atoms with Crippen molar-refractivity contribution in [2.45, 2.75) is 51.0 Å². The molecule has 0 spiro atoms. The van der Waals surface area contributed by atoms with E-state index in [2.05, 4.69) is 16.4 Å². The van der Waals surface area contributed by atoms with Crippen molar-refractivity contribution in [1.82, 2.24) is 9.88 Å². The van der Waals surface area contributed by atoms with Gasteiger partial charge in [-0.3, -0.25) is 4.98 Å². The second kappa shape index (κ2) is 7.31. The molecule has 2 aliphatic rings. The Morgan fingerprint density at radius 1 is 1.15 bits per heavy atom. The topological polar surface area (TPSA) is 65.5 Å². The first-order valence-corrected chi connectivity index (χ1v) is 9.87. The van der Waals surface area contributed by atoms with Gasteiger partial charge in [0.05, 0.1) is 5.69 Å². The van der Waals surface area contributed by atoms with Crippen LogP contribution in [0.5, 0.6) is 0 Å². The first kappa shape index (κ1) is 18.0. The van der Waals surface area contributed by atoms with E-state index in [4.69, 9.17) is 0 Å². The van der Waals surface area contributed by atoms with Crippen LogP contribution in [0.25, 0.3) is 0 Å². The molecule has 2 heterocycles. The van der Waals surface area contributed by atoms with Crippen molar-refractivity contribution in [3.05, 3.63) is 58.9 Å². The summed E-state index contributed by atoms with van der Waals surface area (Å²) >= 11 is 0. The average Bonchev–Trinajstić information content (AvgIpc) is 2.69. The Balaban J connectivity index is 1.41. The standard InChI is InChI=1S/C22H27N3O2/c1-16-9-10-20(23-15-16)22(27)11-13-25(14-12-22)21(26)24-19-8-4-6-17-5-2-3-7-18(17)19/h4,6,8-10,15,27H,2-3,5,7,11-14H2,1H3,(H,24,26). The molecule has 1 fully saturated rings. The molecule has 2 N–H and O–H groups in total. The van der Waals surface area contributed by atoms with Crippen LogP contribution in [0.15, 0.2) is 36.5 Å². The van der Waals surface area contributed by atoms with E-state index < -0.39 is 5.60 Å². The molecule has 1 aromatic heterocycles. The minimum absolute atomic E-state index is 0.0760. The highest BCUT2D eigenvalue weighted by atomic mass is 16.3. The summed E-state index contributed by atoms with van der Waals surface area (Å²) in [4.78, 5) is 19.0. The molecule has 1 saturated heterocycles. The number of nitrogens with zero attached hydrogens (tertiary/aromatic N) is 2. The molecule has 27 heavy (non-hydrogen) atoms. The molecule has 0 radical (unpaired) electrons.